The first-order chi connectivity index (χ1) is 12.1. The summed E-state index contributed by atoms with van der Waals surface area (Å²) in [6.45, 7) is 1.79. The van der Waals surface area contributed by atoms with Gasteiger partial charge in [-0.1, -0.05) is 35.0 Å². The zero-order chi connectivity index (χ0) is 17.8. The quantitative estimate of drug-likeness (QED) is 0.373. The average Bonchev–Trinajstić information content (AvgIpc) is 2.65. The van der Waals surface area contributed by atoms with E-state index >= 15 is 0 Å². The Morgan fingerprint density at radius 1 is 0.920 bits per heavy atom. The van der Waals surface area contributed by atoms with Gasteiger partial charge in [0, 0.05) is 5.02 Å². The first-order valence-electron chi connectivity index (χ1n) is 7.66. The van der Waals surface area contributed by atoms with E-state index in [9.17, 15) is 4.79 Å². The van der Waals surface area contributed by atoms with Gasteiger partial charge in [0.05, 0.1) is 18.4 Å². The van der Waals surface area contributed by atoms with Crippen LogP contribution in [0.2, 0.25) is 5.02 Å². The van der Waals surface area contributed by atoms with Crippen molar-refractivity contribution in [1.29, 1.82) is 0 Å². The molecular formula is C20H16ClNO3. The van der Waals surface area contributed by atoms with Crippen LogP contribution in [-0.2, 0) is 4.84 Å². The van der Waals surface area contributed by atoms with Gasteiger partial charge in [-0.15, -0.1) is 0 Å². The molecule has 0 saturated heterocycles. The zero-order valence-corrected chi connectivity index (χ0v) is 14.6. The molecule has 3 aromatic carbocycles. The molecule has 0 heterocycles. The number of hydrogen-bond donors (Lipinski definition) is 0. The van der Waals surface area contributed by atoms with Crippen molar-refractivity contribution in [3.8, 4) is 5.75 Å². The maximum absolute atomic E-state index is 12.0. The lowest BCUT2D eigenvalue weighted by Crippen LogP contribution is -2.03. The predicted octanol–water partition coefficient (Wildman–Crippen LogP) is 5.08. The highest BCUT2D eigenvalue weighted by Crippen LogP contribution is 2.22. The van der Waals surface area contributed by atoms with E-state index in [4.69, 9.17) is 21.2 Å². The number of halogens is 1. The first kappa shape index (κ1) is 17.0. The fourth-order valence-corrected chi connectivity index (χ4v) is 2.50. The molecular weight excluding hydrogens is 338 g/mol. The molecule has 0 unspecified atom stereocenters. The van der Waals surface area contributed by atoms with Crippen molar-refractivity contribution in [1.82, 2.24) is 0 Å². The molecule has 126 valence electrons. The summed E-state index contributed by atoms with van der Waals surface area (Å²) in [5.41, 5.74) is 1.88. The summed E-state index contributed by atoms with van der Waals surface area (Å²) in [4.78, 5) is 17.0. The fourth-order valence-electron chi connectivity index (χ4n) is 2.38. The number of methoxy groups -OCH3 is 1. The zero-order valence-electron chi connectivity index (χ0n) is 13.8. The number of ether oxygens (including phenoxy) is 1. The van der Waals surface area contributed by atoms with Gasteiger partial charge in [0.2, 0.25) is 0 Å². The Bertz CT molecular complexity index is 949. The molecule has 0 fully saturated rings. The van der Waals surface area contributed by atoms with Crippen LogP contribution in [0.15, 0.2) is 65.8 Å². The summed E-state index contributed by atoms with van der Waals surface area (Å²) in [5, 5.41) is 6.62. The number of rotatable bonds is 4. The maximum Gasteiger partial charge on any atom is 0.365 e. The largest absolute Gasteiger partial charge is 0.497 e. The van der Waals surface area contributed by atoms with Gasteiger partial charge in [0.25, 0.3) is 0 Å². The Kier molecular flexibility index (Phi) is 5.00. The van der Waals surface area contributed by atoms with Crippen molar-refractivity contribution < 1.29 is 14.4 Å². The summed E-state index contributed by atoms with van der Waals surface area (Å²) in [5.74, 6) is 0.282. The van der Waals surface area contributed by atoms with Gasteiger partial charge in [-0.2, -0.15) is 0 Å². The molecule has 0 bridgehead atoms. The van der Waals surface area contributed by atoms with Crippen molar-refractivity contribution >= 4 is 34.1 Å². The van der Waals surface area contributed by atoms with Crippen molar-refractivity contribution in [3.63, 3.8) is 0 Å². The third kappa shape index (κ3) is 3.98. The van der Waals surface area contributed by atoms with Crippen LogP contribution in [0.25, 0.3) is 10.8 Å². The van der Waals surface area contributed by atoms with Crippen LogP contribution < -0.4 is 4.74 Å². The molecule has 0 saturated carbocycles. The van der Waals surface area contributed by atoms with Crippen molar-refractivity contribution in [3.05, 3.63) is 76.8 Å². The highest BCUT2D eigenvalue weighted by molar-refractivity contribution is 6.30. The van der Waals surface area contributed by atoms with E-state index in [1.54, 1.807) is 38.3 Å². The van der Waals surface area contributed by atoms with Gasteiger partial charge in [0.15, 0.2) is 0 Å². The molecule has 0 spiro atoms. The molecule has 0 N–H and O–H groups in total. The van der Waals surface area contributed by atoms with Crippen molar-refractivity contribution in [2.75, 3.05) is 7.11 Å². The first-order valence-corrected chi connectivity index (χ1v) is 8.04. The van der Waals surface area contributed by atoms with Crippen molar-refractivity contribution in [2.24, 2.45) is 5.16 Å². The number of oxime groups is 1. The second-order valence-electron chi connectivity index (χ2n) is 5.49. The molecule has 0 aliphatic rings. The minimum absolute atomic E-state index is 0.395. The summed E-state index contributed by atoms with van der Waals surface area (Å²) < 4.78 is 5.22. The normalized spacial score (nSPS) is 11.4. The number of fused-ring (bicyclic) bond motifs is 1. The lowest BCUT2D eigenvalue weighted by Gasteiger charge is -2.05. The lowest BCUT2D eigenvalue weighted by molar-refractivity contribution is 0.0516. The Morgan fingerprint density at radius 3 is 2.28 bits per heavy atom. The number of benzene rings is 3. The van der Waals surface area contributed by atoms with Crippen LogP contribution in [0, 0.1) is 0 Å². The SMILES string of the molecule is COc1ccc2cc(C(C)=NOC(=O)c3ccc(Cl)cc3)ccc2c1. The molecule has 0 aliphatic heterocycles. The second kappa shape index (κ2) is 7.36. The van der Waals surface area contributed by atoms with E-state index in [-0.39, 0.29) is 0 Å². The molecule has 0 amide bonds. The van der Waals surface area contributed by atoms with E-state index in [1.807, 2.05) is 36.4 Å². The standard InChI is InChI=1S/C20H16ClNO3/c1-13(22-25-20(23)14-5-8-18(21)9-6-14)15-3-4-17-12-19(24-2)10-7-16(17)11-15/h3-12H,1-2H3. The minimum Gasteiger partial charge on any atom is -0.497 e. The summed E-state index contributed by atoms with van der Waals surface area (Å²) in [7, 11) is 1.64. The van der Waals surface area contributed by atoms with Crippen LogP contribution in [0.4, 0.5) is 0 Å². The molecule has 5 heteroatoms. The van der Waals surface area contributed by atoms with E-state index in [1.165, 1.54) is 0 Å². The van der Waals surface area contributed by atoms with E-state index in [2.05, 4.69) is 5.16 Å². The van der Waals surface area contributed by atoms with Crippen LogP contribution in [0.1, 0.15) is 22.8 Å². The number of carbonyl (C=O) groups is 1. The Labute approximate surface area is 150 Å². The second-order valence-corrected chi connectivity index (χ2v) is 5.93. The van der Waals surface area contributed by atoms with E-state index in [0.717, 1.165) is 22.1 Å². The third-order valence-corrected chi connectivity index (χ3v) is 4.06. The van der Waals surface area contributed by atoms with Crippen LogP contribution >= 0.6 is 11.6 Å². The van der Waals surface area contributed by atoms with Gasteiger partial charge in [-0.25, -0.2) is 4.79 Å². The van der Waals surface area contributed by atoms with Gasteiger partial charge in [-0.3, -0.25) is 0 Å². The predicted molar refractivity (Wildman–Crippen MR) is 99.6 cm³/mol. The van der Waals surface area contributed by atoms with E-state index < -0.39 is 5.97 Å². The highest BCUT2D eigenvalue weighted by Gasteiger charge is 2.08. The summed E-state index contributed by atoms with van der Waals surface area (Å²) in [6.07, 6.45) is 0. The lowest BCUT2D eigenvalue weighted by atomic mass is 10.0. The summed E-state index contributed by atoms with van der Waals surface area (Å²) >= 11 is 5.80. The van der Waals surface area contributed by atoms with Crippen LogP contribution in [-0.4, -0.2) is 18.8 Å². The molecule has 0 atom stereocenters. The molecule has 25 heavy (non-hydrogen) atoms. The monoisotopic (exact) mass is 353 g/mol. The van der Waals surface area contributed by atoms with Gasteiger partial charge in [0.1, 0.15) is 5.75 Å². The highest BCUT2D eigenvalue weighted by atomic mass is 35.5. The molecule has 0 aromatic heterocycles. The molecule has 3 rings (SSSR count). The molecule has 4 nitrogen and oxygen atoms in total. The smallest absolute Gasteiger partial charge is 0.365 e. The van der Waals surface area contributed by atoms with Crippen LogP contribution in [0.3, 0.4) is 0 Å². The Hall–Kier alpha value is -2.85. The van der Waals surface area contributed by atoms with E-state index in [0.29, 0.717) is 16.3 Å². The van der Waals surface area contributed by atoms with Gasteiger partial charge < -0.3 is 9.57 Å². The molecule has 3 aromatic rings. The maximum atomic E-state index is 12.0. The summed E-state index contributed by atoms with van der Waals surface area (Å²) in [6, 6.07) is 18.2. The van der Waals surface area contributed by atoms with Gasteiger partial charge >= 0.3 is 5.97 Å². The Morgan fingerprint density at radius 2 is 1.56 bits per heavy atom. The molecule has 0 aliphatic carbocycles. The average molecular weight is 354 g/mol. The van der Waals surface area contributed by atoms with Gasteiger partial charge in [-0.05, 0) is 65.7 Å². The van der Waals surface area contributed by atoms with Crippen molar-refractivity contribution in [2.45, 2.75) is 6.92 Å². The Balaban J connectivity index is 1.78. The minimum atomic E-state index is -0.526. The number of carbonyl (C=O) groups excluding carboxylic acids is 1. The fraction of sp³-hybridized carbons (Fsp3) is 0.100. The topological polar surface area (TPSA) is 47.9 Å². The third-order valence-electron chi connectivity index (χ3n) is 3.81. The number of nitrogens with zero attached hydrogens (tertiary/aromatic N) is 1. The van der Waals surface area contributed by atoms with Crippen LogP contribution in [0.5, 0.6) is 5.75 Å². The molecule has 0 radical (unpaired) electrons. The number of hydrogen-bond acceptors (Lipinski definition) is 4.